The Balaban J connectivity index is 1.57. The summed E-state index contributed by atoms with van der Waals surface area (Å²) in [5.74, 6) is -1.27. The first-order chi connectivity index (χ1) is 18.7. The van der Waals surface area contributed by atoms with Crippen LogP contribution in [0.1, 0.15) is 16.9 Å². The van der Waals surface area contributed by atoms with Crippen molar-refractivity contribution in [1.82, 2.24) is 9.55 Å². The summed E-state index contributed by atoms with van der Waals surface area (Å²) >= 11 is 7.62. The second kappa shape index (κ2) is 13.2. The zero-order chi connectivity index (χ0) is 28.1. The Bertz CT molecular complexity index is 1590. The van der Waals surface area contributed by atoms with Gasteiger partial charge in [-0.1, -0.05) is 0 Å². The summed E-state index contributed by atoms with van der Waals surface area (Å²) in [6.45, 7) is 0.119. The molecule has 0 fully saturated rings. The third kappa shape index (κ3) is 7.17. The summed E-state index contributed by atoms with van der Waals surface area (Å²) in [6, 6.07) is 9.58. The highest BCUT2D eigenvalue weighted by Crippen LogP contribution is 2.36. The molecule has 0 aliphatic carbocycles. The average molecular weight is 670 g/mol. The molecule has 0 saturated carbocycles. The largest absolute Gasteiger partial charge is 0.481 e. The van der Waals surface area contributed by atoms with Crippen molar-refractivity contribution >= 4 is 96.4 Å². The maximum absolute atomic E-state index is 14.8. The number of hydrogen-bond donors (Lipinski definition) is 3. The molecule has 204 valence electrons. The van der Waals surface area contributed by atoms with Gasteiger partial charge in [0, 0.05) is 37.5 Å². The molecule has 0 bridgehead atoms. The lowest BCUT2D eigenvalue weighted by molar-refractivity contribution is -0.136. The number of halogens is 2. The molecule has 1 amide bonds. The van der Waals surface area contributed by atoms with Gasteiger partial charge in [-0.25, -0.2) is 13.6 Å². The third-order valence-corrected chi connectivity index (χ3v) is 10.9. The number of thioether (sulfide) groups is 2. The minimum Gasteiger partial charge on any atom is -0.481 e. The fraction of sp³-hybridized carbons (Fsp3) is 0.200. The van der Waals surface area contributed by atoms with Gasteiger partial charge < -0.3 is 20.4 Å². The predicted octanol–water partition coefficient (Wildman–Crippen LogP) is 6.08. The Morgan fingerprint density at radius 2 is 2.10 bits per heavy atom. The van der Waals surface area contributed by atoms with Gasteiger partial charge in [-0.05, 0) is 58.6 Å². The van der Waals surface area contributed by atoms with Crippen LogP contribution in [0.25, 0.3) is 11.0 Å². The fourth-order valence-corrected chi connectivity index (χ4v) is 8.56. The van der Waals surface area contributed by atoms with Gasteiger partial charge in [-0.2, -0.15) is 11.8 Å². The number of nitrogens with one attached hydrogen (secondary N) is 2. The van der Waals surface area contributed by atoms with E-state index in [-0.39, 0.29) is 24.6 Å². The van der Waals surface area contributed by atoms with E-state index in [0.717, 1.165) is 4.21 Å². The lowest BCUT2D eigenvalue weighted by atomic mass is 10.1. The highest BCUT2D eigenvalue weighted by molar-refractivity contribution is 9.10. The van der Waals surface area contributed by atoms with Crippen LogP contribution in [0.5, 0.6) is 0 Å². The van der Waals surface area contributed by atoms with Gasteiger partial charge in [-0.3, -0.25) is 9.59 Å². The Morgan fingerprint density at radius 3 is 2.82 bits per heavy atom. The number of benzene rings is 2. The van der Waals surface area contributed by atoms with Crippen LogP contribution in [0.4, 0.5) is 10.1 Å². The normalized spacial score (nSPS) is 12.0. The Morgan fingerprint density at radius 1 is 1.31 bits per heavy atom. The van der Waals surface area contributed by atoms with Gasteiger partial charge in [-0.15, -0.1) is 23.1 Å². The molecule has 0 aliphatic heterocycles. The van der Waals surface area contributed by atoms with Crippen molar-refractivity contribution in [1.29, 1.82) is 5.41 Å². The summed E-state index contributed by atoms with van der Waals surface area (Å²) in [5, 5.41) is 19.0. The molecule has 4 rings (SSSR count). The van der Waals surface area contributed by atoms with Crippen molar-refractivity contribution in [3.8, 4) is 0 Å². The van der Waals surface area contributed by atoms with Crippen LogP contribution in [-0.2, 0) is 26.9 Å². The first-order valence-corrected chi connectivity index (χ1v) is 16.5. The summed E-state index contributed by atoms with van der Waals surface area (Å²) in [7, 11) is -1.51. The van der Waals surface area contributed by atoms with Crippen LogP contribution in [0.15, 0.2) is 61.2 Å². The van der Waals surface area contributed by atoms with Gasteiger partial charge in [0.15, 0.2) is 0 Å². The molecule has 1 unspecified atom stereocenters. The number of aromatic nitrogens is 2. The molecule has 0 aliphatic rings. The van der Waals surface area contributed by atoms with Crippen molar-refractivity contribution in [3.05, 3.63) is 63.5 Å². The number of amides is 1. The number of imidazole rings is 1. The number of carboxylic acid groups (broad SMARTS) is 1. The number of fused-ring (bicyclic) bond motifs is 1. The minimum atomic E-state index is -1.51. The first kappa shape index (κ1) is 29.5. The second-order valence-electron chi connectivity index (χ2n) is 8.11. The third-order valence-electron chi connectivity index (χ3n) is 5.44. The SMILES string of the molecule is CSc1sc(C=N)cc1S(=O)c1cc(Br)c2ncn(Cc3cc(NC(=O)CSCCC(=O)O)ccc3F)c2c1. The van der Waals surface area contributed by atoms with E-state index < -0.39 is 22.6 Å². The summed E-state index contributed by atoms with van der Waals surface area (Å²) in [5.41, 5.74) is 2.04. The zero-order valence-corrected chi connectivity index (χ0v) is 25.3. The van der Waals surface area contributed by atoms with Crippen LogP contribution >= 0.6 is 50.8 Å². The molecule has 4 aromatic rings. The molecule has 0 spiro atoms. The smallest absolute Gasteiger partial charge is 0.304 e. The lowest BCUT2D eigenvalue weighted by Gasteiger charge is -2.11. The predicted molar refractivity (Wildman–Crippen MR) is 160 cm³/mol. The van der Waals surface area contributed by atoms with Crippen molar-refractivity contribution in [2.45, 2.75) is 27.0 Å². The molecule has 2 aromatic carbocycles. The number of nitrogens with zero attached hydrogens (tertiary/aromatic N) is 2. The van der Waals surface area contributed by atoms with E-state index in [2.05, 4.69) is 26.2 Å². The van der Waals surface area contributed by atoms with E-state index in [1.807, 2.05) is 6.26 Å². The number of aliphatic carboxylic acids is 1. The first-order valence-electron chi connectivity index (χ1n) is 11.3. The molecule has 8 nitrogen and oxygen atoms in total. The Kier molecular flexibility index (Phi) is 9.99. The molecular weight excluding hydrogens is 647 g/mol. The summed E-state index contributed by atoms with van der Waals surface area (Å²) < 4.78 is 31.6. The summed E-state index contributed by atoms with van der Waals surface area (Å²) in [4.78, 5) is 29.2. The fourth-order valence-electron chi connectivity index (χ4n) is 3.65. The number of carbonyl (C=O) groups excluding carboxylic acids is 1. The summed E-state index contributed by atoms with van der Waals surface area (Å²) in [6.07, 6.45) is 4.69. The number of anilines is 1. The number of carbonyl (C=O) groups is 2. The number of carboxylic acids is 1. The number of hydrogen-bond acceptors (Lipinski definition) is 8. The van der Waals surface area contributed by atoms with E-state index in [4.69, 9.17) is 10.5 Å². The standard InChI is InChI=1S/C25H22BrFN4O4S4/c1-36-25-21(7-16(10-28)38-25)39(35)17-8-18(26)24-20(9-17)31(13-29-24)11-14-6-15(2-3-19(14)27)30-22(32)12-37-5-4-23(33)34/h2-3,6-10,13,28H,4-5,11-12H2,1H3,(H,30,32)(H,33,34). The maximum Gasteiger partial charge on any atom is 0.304 e. The number of rotatable bonds is 12. The molecule has 3 N–H and O–H groups in total. The van der Waals surface area contributed by atoms with Crippen molar-refractivity contribution in [3.63, 3.8) is 0 Å². The van der Waals surface area contributed by atoms with Crippen LogP contribution < -0.4 is 5.32 Å². The average Bonchev–Trinajstić information content (AvgIpc) is 3.52. The van der Waals surface area contributed by atoms with Gasteiger partial charge in [0.05, 0.1) is 50.5 Å². The van der Waals surface area contributed by atoms with Crippen LogP contribution in [0, 0.1) is 11.2 Å². The van der Waals surface area contributed by atoms with Crippen molar-refractivity contribution in [2.24, 2.45) is 0 Å². The Hall–Kier alpha value is -2.52. The Labute approximate surface area is 246 Å². The highest BCUT2D eigenvalue weighted by atomic mass is 79.9. The van der Waals surface area contributed by atoms with E-state index in [0.29, 0.717) is 47.2 Å². The molecule has 0 radical (unpaired) electrons. The van der Waals surface area contributed by atoms with Crippen molar-refractivity contribution < 1.29 is 23.3 Å². The topological polar surface area (TPSA) is 125 Å². The van der Waals surface area contributed by atoms with Crippen LogP contribution in [0.2, 0.25) is 0 Å². The van der Waals surface area contributed by atoms with E-state index in [1.54, 1.807) is 35.2 Å². The van der Waals surface area contributed by atoms with Crippen LogP contribution in [0.3, 0.4) is 0 Å². The zero-order valence-electron chi connectivity index (χ0n) is 20.4. The molecule has 39 heavy (non-hydrogen) atoms. The van der Waals surface area contributed by atoms with E-state index in [9.17, 15) is 18.2 Å². The molecule has 0 saturated heterocycles. The van der Waals surface area contributed by atoms with E-state index in [1.165, 1.54) is 53.2 Å². The number of thiophene rings is 1. The quantitative estimate of drug-likeness (QED) is 0.0949. The van der Waals surface area contributed by atoms with Crippen LogP contribution in [-0.4, -0.2) is 54.7 Å². The second-order valence-corrected chi connectivity index (χ2v) is 13.7. The molecule has 14 heteroatoms. The maximum atomic E-state index is 14.8. The highest BCUT2D eigenvalue weighted by Gasteiger charge is 2.19. The minimum absolute atomic E-state index is 0.0280. The van der Waals surface area contributed by atoms with Gasteiger partial charge in [0.25, 0.3) is 0 Å². The van der Waals surface area contributed by atoms with Crippen molar-refractivity contribution in [2.75, 3.05) is 23.1 Å². The lowest BCUT2D eigenvalue weighted by Crippen LogP contribution is -2.15. The molecular formula is C25H22BrFN4O4S4. The van der Waals surface area contributed by atoms with E-state index >= 15 is 0 Å². The van der Waals surface area contributed by atoms with Gasteiger partial charge in [0.1, 0.15) is 11.3 Å². The molecule has 1 atom stereocenters. The van der Waals surface area contributed by atoms with Gasteiger partial charge >= 0.3 is 5.97 Å². The monoisotopic (exact) mass is 668 g/mol. The molecule has 2 heterocycles. The molecule has 2 aromatic heterocycles. The van der Waals surface area contributed by atoms with Gasteiger partial charge in [0.2, 0.25) is 5.91 Å².